The predicted molar refractivity (Wildman–Crippen MR) is 135 cm³/mol. The molecule has 4 aromatic rings. The Morgan fingerprint density at radius 1 is 1.12 bits per heavy atom. The minimum atomic E-state index is -0.0570. The summed E-state index contributed by atoms with van der Waals surface area (Å²) in [5, 5.41) is 11.6. The van der Waals surface area contributed by atoms with E-state index in [-0.39, 0.29) is 18.5 Å². The van der Waals surface area contributed by atoms with Crippen LogP contribution in [0.2, 0.25) is 0 Å². The summed E-state index contributed by atoms with van der Waals surface area (Å²) >= 11 is 3.37. The van der Waals surface area contributed by atoms with E-state index in [2.05, 4.69) is 51.0 Å². The number of carbonyl (C=O) groups is 1. The molecule has 176 valence electrons. The van der Waals surface area contributed by atoms with Gasteiger partial charge in [-0.3, -0.25) is 9.69 Å². The summed E-state index contributed by atoms with van der Waals surface area (Å²) in [5.74, 6) is 2.08. The summed E-state index contributed by atoms with van der Waals surface area (Å²) in [7, 11) is 3.31. The first kappa shape index (κ1) is 22.6. The summed E-state index contributed by atoms with van der Waals surface area (Å²) in [6, 6.07) is 14.2. The number of carbonyl (C=O) groups excluding carboxylic acids is 1. The fraction of sp³-hybridized carbons (Fsp3) is 0.280. The van der Waals surface area contributed by atoms with Gasteiger partial charge in [-0.15, -0.1) is 22.7 Å². The molecule has 1 amide bonds. The number of hydrogen-bond donors (Lipinski definition) is 1. The van der Waals surface area contributed by atoms with Crippen LogP contribution in [0.15, 0.2) is 59.4 Å². The van der Waals surface area contributed by atoms with E-state index in [1.54, 1.807) is 43.1 Å². The number of amides is 1. The van der Waals surface area contributed by atoms with E-state index >= 15 is 0 Å². The first-order valence-corrected chi connectivity index (χ1v) is 12.8. The number of anilines is 1. The Labute approximate surface area is 206 Å². The SMILES string of the molecule is COc1cc2c(cc1OC)C(c1cccs1)N(CC(=O)Nc1ccnn1Cc1cccs1)CC2. The molecule has 1 unspecified atom stereocenters. The predicted octanol–water partition coefficient (Wildman–Crippen LogP) is 4.66. The number of hydrogen-bond acceptors (Lipinski definition) is 7. The van der Waals surface area contributed by atoms with Crippen LogP contribution in [0.3, 0.4) is 0 Å². The Hall–Kier alpha value is -3.14. The molecule has 1 aliphatic rings. The van der Waals surface area contributed by atoms with Gasteiger partial charge in [-0.1, -0.05) is 12.1 Å². The first-order chi connectivity index (χ1) is 16.7. The van der Waals surface area contributed by atoms with Gasteiger partial charge in [0.1, 0.15) is 5.82 Å². The number of nitrogens with zero attached hydrogens (tertiary/aromatic N) is 3. The van der Waals surface area contributed by atoms with Gasteiger partial charge in [-0.2, -0.15) is 5.10 Å². The molecule has 0 radical (unpaired) electrons. The lowest BCUT2D eigenvalue weighted by Gasteiger charge is -2.37. The van der Waals surface area contributed by atoms with Crippen molar-refractivity contribution in [1.82, 2.24) is 14.7 Å². The molecule has 7 nitrogen and oxygen atoms in total. The summed E-state index contributed by atoms with van der Waals surface area (Å²) in [5.41, 5.74) is 2.38. The number of benzene rings is 1. The number of nitrogens with one attached hydrogen (secondary N) is 1. The molecule has 0 bridgehead atoms. The van der Waals surface area contributed by atoms with Gasteiger partial charge < -0.3 is 14.8 Å². The Morgan fingerprint density at radius 3 is 2.65 bits per heavy atom. The zero-order chi connectivity index (χ0) is 23.5. The van der Waals surface area contributed by atoms with Crippen LogP contribution < -0.4 is 14.8 Å². The van der Waals surface area contributed by atoms with Crippen molar-refractivity contribution < 1.29 is 14.3 Å². The van der Waals surface area contributed by atoms with E-state index in [1.807, 2.05) is 22.2 Å². The molecule has 0 saturated heterocycles. The topological polar surface area (TPSA) is 68.6 Å². The smallest absolute Gasteiger partial charge is 0.239 e. The molecule has 1 atom stereocenters. The monoisotopic (exact) mass is 494 g/mol. The molecule has 0 spiro atoms. The van der Waals surface area contributed by atoms with Crippen LogP contribution >= 0.6 is 22.7 Å². The van der Waals surface area contributed by atoms with Gasteiger partial charge in [-0.25, -0.2) is 4.68 Å². The zero-order valence-corrected chi connectivity index (χ0v) is 20.7. The second-order valence-electron chi connectivity index (χ2n) is 8.05. The molecular formula is C25H26N4O3S2. The van der Waals surface area contributed by atoms with Gasteiger partial charge in [0.05, 0.1) is 39.5 Å². The van der Waals surface area contributed by atoms with Crippen molar-refractivity contribution in [2.75, 3.05) is 32.6 Å². The molecule has 0 saturated carbocycles. The van der Waals surface area contributed by atoms with Gasteiger partial charge in [0.15, 0.2) is 11.5 Å². The van der Waals surface area contributed by atoms with Crippen LogP contribution in [0.5, 0.6) is 11.5 Å². The maximum absolute atomic E-state index is 13.2. The third-order valence-electron chi connectivity index (χ3n) is 6.00. The number of thiophene rings is 2. The van der Waals surface area contributed by atoms with Crippen LogP contribution in [-0.4, -0.2) is 47.9 Å². The summed E-state index contributed by atoms with van der Waals surface area (Å²) in [6.45, 7) is 1.68. The summed E-state index contributed by atoms with van der Waals surface area (Å²) in [4.78, 5) is 17.8. The molecular weight excluding hydrogens is 468 g/mol. The van der Waals surface area contributed by atoms with Gasteiger partial charge in [-0.05, 0) is 52.6 Å². The van der Waals surface area contributed by atoms with Crippen molar-refractivity contribution in [3.8, 4) is 11.5 Å². The van der Waals surface area contributed by atoms with Crippen molar-refractivity contribution in [2.45, 2.75) is 19.0 Å². The minimum absolute atomic E-state index is 0.0228. The van der Waals surface area contributed by atoms with Crippen LogP contribution in [-0.2, 0) is 17.8 Å². The third kappa shape index (κ3) is 4.59. The number of methoxy groups -OCH3 is 2. The zero-order valence-electron chi connectivity index (χ0n) is 19.1. The summed E-state index contributed by atoms with van der Waals surface area (Å²) in [6.07, 6.45) is 2.55. The second-order valence-corrected chi connectivity index (χ2v) is 10.1. The average molecular weight is 495 g/mol. The van der Waals surface area contributed by atoms with E-state index in [4.69, 9.17) is 9.47 Å². The van der Waals surface area contributed by atoms with Crippen molar-refractivity contribution >= 4 is 34.4 Å². The highest BCUT2D eigenvalue weighted by atomic mass is 32.1. The number of fused-ring (bicyclic) bond motifs is 1. The van der Waals surface area contributed by atoms with Gasteiger partial charge in [0.2, 0.25) is 5.91 Å². The van der Waals surface area contributed by atoms with Crippen LogP contribution in [0, 0.1) is 0 Å². The van der Waals surface area contributed by atoms with Crippen molar-refractivity contribution in [2.24, 2.45) is 0 Å². The van der Waals surface area contributed by atoms with Crippen LogP contribution in [0.1, 0.15) is 26.9 Å². The highest BCUT2D eigenvalue weighted by molar-refractivity contribution is 7.10. The highest BCUT2D eigenvalue weighted by Crippen LogP contribution is 2.42. The molecule has 1 aromatic carbocycles. The molecule has 34 heavy (non-hydrogen) atoms. The molecule has 4 heterocycles. The first-order valence-electron chi connectivity index (χ1n) is 11.0. The van der Waals surface area contributed by atoms with Crippen molar-refractivity contribution in [1.29, 1.82) is 0 Å². The maximum atomic E-state index is 13.2. The summed E-state index contributed by atoms with van der Waals surface area (Å²) < 4.78 is 12.9. The third-order valence-corrected chi connectivity index (χ3v) is 7.79. The van der Waals surface area contributed by atoms with E-state index < -0.39 is 0 Å². The molecule has 3 aromatic heterocycles. The Kier molecular flexibility index (Phi) is 6.66. The second kappa shape index (κ2) is 10.0. The minimum Gasteiger partial charge on any atom is -0.493 e. The number of aromatic nitrogens is 2. The quantitative estimate of drug-likeness (QED) is 0.386. The number of ether oxygens (including phenoxy) is 2. The van der Waals surface area contributed by atoms with Gasteiger partial charge in [0, 0.05) is 22.4 Å². The van der Waals surface area contributed by atoms with Crippen LogP contribution in [0.25, 0.3) is 0 Å². The number of rotatable bonds is 8. The van der Waals surface area contributed by atoms with E-state index in [1.165, 1.54) is 15.3 Å². The van der Waals surface area contributed by atoms with E-state index in [0.717, 1.165) is 24.3 Å². The normalized spacial score (nSPS) is 15.6. The van der Waals surface area contributed by atoms with Crippen LogP contribution in [0.4, 0.5) is 5.82 Å². The average Bonchev–Trinajstić information content (AvgIpc) is 3.62. The molecule has 0 fully saturated rings. The highest BCUT2D eigenvalue weighted by Gasteiger charge is 2.32. The standard InChI is InChI=1S/C25H26N4O3S2/c1-31-20-13-17-8-10-28(25(22-6-4-12-34-22)19(17)14-21(20)32-2)16-24(30)27-23-7-9-26-29(23)15-18-5-3-11-33-18/h3-7,9,11-14,25H,8,10,15-16H2,1-2H3,(H,27,30). The molecule has 5 rings (SSSR count). The van der Waals surface area contributed by atoms with E-state index in [9.17, 15) is 4.79 Å². The largest absolute Gasteiger partial charge is 0.493 e. The van der Waals surface area contributed by atoms with Gasteiger partial charge >= 0.3 is 0 Å². The lowest BCUT2D eigenvalue weighted by atomic mass is 9.91. The van der Waals surface area contributed by atoms with Crippen molar-refractivity contribution in [3.05, 3.63) is 80.3 Å². The molecule has 1 aliphatic heterocycles. The Morgan fingerprint density at radius 2 is 1.91 bits per heavy atom. The molecule has 1 N–H and O–H groups in total. The van der Waals surface area contributed by atoms with Crippen molar-refractivity contribution in [3.63, 3.8) is 0 Å². The van der Waals surface area contributed by atoms with E-state index in [0.29, 0.717) is 18.1 Å². The Bertz CT molecular complexity index is 1250. The fourth-order valence-electron chi connectivity index (χ4n) is 4.43. The maximum Gasteiger partial charge on any atom is 0.239 e. The molecule has 0 aliphatic carbocycles. The fourth-order valence-corrected chi connectivity index (χ4v) is 5.99. The lowest BCUT2D eigenvalue weighted by molar-refractivity contribution is -0.117. The Balaban J connectivity index is 1.38. The molecule has 9 heteroatoms. The lowest BCUT2D eigenvalue weighted by Crippen LogP contribution is -2.41. The van der Waals surface area contributed by atoms with Gasteiger partial charge in [0.25, 0.3) is 0 Å².